The van der Waals surface area contributed by atoms with E-state index in [0.717, 1.165) is 18.5 Å². The third kappa shape index (κ3) is 2.06. The second kappa shape index (κ2) is 3.97. The molecule has 0 radical (unpaired) electrons. The van der Waals surface area contributed by atoms with E-state index >= 15 is 0 Å². The Hall–Kier alpha value is -1.82. The third-order valence-electron chi connectivity index (χ3n) is 2.78. The molecule has 6 nitrogen and oxygen atoms in total. The molecule has 0 heterocycles. The van der Waals surface area contributed by atoms with Gasteiger partial charge in [0.05, 0.1) is 10.6 Å². The van der Waals surface area contributed by atoms with Crippen LogP contribution < -0.4 is 16.2 Å². The Morgan fingerprint density at radius 2 is 2.19 bits per heavy atom. The zero-order chi connectivity index (χ0) is 11.7. The van der Waals surface area contributed by atoms with Crippen molar-refractivity contribution in [2.45, 2.75) is 18.9 Å². The lowest BCUT2D eigenvalue weighted by Crippen LogP contribution is -2.20. The largest absolute Gasteiger partial charge is 0.371 e. The summed E-state index contributed by atoms with van der Waals surface area (Å²) in [5.41, 5.74) is 3.88. The molecule has 1 aliphatic rings. The summed E-state index contributed by atoms with van der Waals surface area (Å²) < 4.78 is 0. The number of nitrogens with zero attached hydrogens (tertiary/aromatic N) is 2. The van der Waals surface area contributed by atoms with E-state index in [1.54, 1.807) is 6.07 Å². The molecule has 0 amide bonds. The Balaban J connectivity index is 2.35. The van der Waals surface area contributed by atoms with Gasteiger partial charge in [0.25, 0.3) is 5.69 Å². The van der Waals surface area contributed by atoms with Gasteiger partial charge in [0, 0.05) is 30.9 Å². The van der Waals surface area contributed by atoms with Crippen LogP contribution in [-0.4, -0.2) is 18.0 Å². The summed E-state index contributed by atoms with van der Waals surface area (Å²) in [4.78, 5) is 12.4. The predicted octanol–water partition coefficient (Wildman–Crippen LogP) is 1.48. The van der Waals surface area contributed by atoms with Crippen molar-refractivity contribution in [1.29, 1.82) is 0 Å². The van der Waals surface area contributed by atoms with Gasteiger partial charge < -0.3 is 10.3 Å². The van der Waals surface area contributed by atoms with Crippen molar-refractivity contribution in [1.82, 2.24) is 0 Å². The first-order valence-electron chi connectivity index (χ1n) is 5.10. The van der Waals surface area contributed by atoms with Crippen molar-refractivity contribution in [2.24, 2.45) is 5.84 Å². The van der Waals surface area contributed by atoms with E-state index < -0.39 is 4.92 Å². The molecule has 1 saturated carbocycles. The van der Waals surface area contributed by atoms with E-state index in [9.17, 15) is 10.1 Å². The van der Waals surface area contributed by atoms with Gasteiger partial charge >= 0.3 is 0 Å². The molecule has 3 N–H and O–H groups in total. The molecule has 1 fully saturated rings. The first-order chi connectivity index (χ1) is 7.61. The number of anilines is 2. The normalized spacial score (nSPS) is 14.6. The molecule has 0 bridgehead atoms. The Bertz CT molecular complexity index is 417. The zero-order valence-electron chi connectivity index (χ0n) is 9.01. The monoisotopic (exact) mass is 222 g/mol. The fraction of sp³-hybridized carbons (Fsp3) is 0.400. The van der Waals surface area contributed by atoms with Crippen LogP contribution in [0.4, 0.5) is 17.1 Å². The second-order valence-electron chi connectivity index (χ2n) is 3.98. The van der Waals surface area contributed by atoms with Crippen molar-refractivity contribution in [2.75, 3.05) is 17.4 Å². The molecular weight excluding hydrogens is 208 g/mol. The van der Waals surface area contributed by atoms with Crippen LogP contribution in [0.2, 0.25) is 0 Å². The molecule has 6 heteroatoms. The highest BCUT2D eigenvalue weighted by atomic mass is 16.6. The number of nitrogen functional groups attached to an aromatic ring is 1. The maximum absolute atomic E-state index is 10.7. The van der Waals surface area contributed by atoms with Crippen molar-refractivity contribution in [3.63, 3.8) is 0 Å². The number of nitrogens with two attached hydrogens (primary N) is 1. The van der Waals surface area contributed by atoms with Gasteiger partial charge in [0.15, 0.2) is 0 Å². The van der Waals surface area contributed by atoms with Gasteiger partial charge in [0.2, 0.25) is 0 Å². The number of non-ortho nitro benzene ring substituents is 1. The smallest absolute Gasteiger partial charge is 0.273 e. The summed E-state index contributed by atoms with van der Waals surface area (Å²) in [7, 11) is 1.94. The van der Waals surface area contributed by atoms with E-state index in [2.05, 4.69) is 5.43 Å². The first kappa shape index (κ1) is 10.7. The van der Waals surface area contributed by atoms with E-state index in [0.29, 0.717) is 11.7 Å². The molecule has 0 aliphatic heterocycles. The molecule has 2 rings (SSSR count). The maximum Gasteiger partial charge on any atom is 0.273 e. The number of nitro groups is 1. The van der Waals surface area contributed by atoms with E-state index in [-0.39, 0.29) is 5.69 Å². The van der Waals surface area contributed by atoms with Gasteiger partial charge in [-0.3, -0.25) is 16.0 Å². The predicted molar refractivity (Wildman–Crippen MR) is 62.3 cm³/mol. The molecule has 1 aliphatic carbocycles. The van der Waals surface area contributed by atoms with Crippen LogP contribution in [0.15, 0.2) is 18.2 Å². The maximum atomic E-state index is 10.7. The van der Waals surface area contributed by atoms with Crippen LogP contribution in [0.1, 0.15) is 12.8 Å². The summed E-state index contributed by atoms with van der Waals surface area (Å²) in [5, 5.41) is 10.7. The Kier molecular flexibility index (Phi) is 2.66. The van der Waals surface area contributed by atoms with E-state index in [1.165, 1.54) is 6.07 Å². The number of nitro benzene ring substituents is 1. The fourth-order valence-electron chi connectivity index (χ4n) is 1.66. The van der Waals surface area contributed by atoms with Crippen LogP contribution in [0, 0.1) is 10.1 Å². The quantitative estimate of drug-likeness (QED) is 0.458. The molecule has 1 aromatic rings. The summed E-state index contributed by atoms with van der Waals surface area (Å²) in [6, 6.07) is 5.31. The molecule has 0 atom stereocenters. The van der Waals surface area contributed by atoms with Crippen LogP contribution in [0.5, 0.6) is 0 Å². The fourth-order valence-corrected chi connectivity index (χ4v) is 1.66. The van der Waals surface area contributed by atoms with Crippen molar-refractivity contribution in [3.05, 3.63) is 28.3 Å². The zero-order valence-corrected chi connectivity index (χ0v) is 9.01. The number of rotatable bonds is 4. The van der Waals surface area contributed by atoms with E-state index in [1.807, 2.05) is 18.0 Å². The van der Waals surface area contributed by atoms with Crippen LogP contribution >= 0.6 is 0 Å². The summed E-state index contributed by atoms with van der Waals surface area (Å²) >= 11 is 0. The third-order valence-corrected chi connectivity index (χ3v) is 2.78. The summed E-state index contributed by atoms with van der Waals surface area (Å²) in [6.07, 6.45) is 2.29. The Morgan fingerprint density at radius 1 is 1.50 bits per heavy atom. The average Bonchev–Trinajstić information content (AvgIpc) is 3.11. The number of hydrazine groups is 1. The van der Waals surface area contributed by atoms with Crippen molar-refractivity contribution in [3.8, 4) is 0 Å². The van der Waals surface area contributed by atoms with Crippen molar-refractivity contribution >= 4 is 17.1 Å². The lowest BCUT2D eigenvalue weighted by molar-refractivity contribution is -0.384. The van der Waals surface area contributed by atoms with Crippen LogP contribution in [-0.2, 0) is 0 Å². The minimum absolute atomic E-state index is 0.0537. The number of benzene rings is 1. The highest BCUT2D eigenvalue weighted by Gasteiger charge is 2.27. The lowest BCUT2D eigenvalue weighted by Gasteiger charge is -2.19. The van der Waals surface area contributed by atoms with Gasteiger partial charge in [-0.25, -0.2) is 0 Å². The molecule has 0 saturated heterocycles. The van der Waals surface area contributed by atoms with Gasteiger partial charge in [-0.05, 0) is 18.9 Å². The van der Waals surface area contributed by atoms with E-state index in [4.69, 9.17) is 5.84 Å². The molecule has 0 spiro atoms. The van der Waals surface area contributed by atoms with Gasteiger partial charge in [-0.2, -0.15) is 0 Å². The Morgan fingerprint density at radius 3 is 2.69 bits per heavy atom. The number of nitrogens with one attached hydrogen (secondary N) is 1. The molecular formula is C10H14N4O2. The lowest BCUT2D eigenvalue weighted by atomic mass is 10.2. The van der Waals surface area contributed by atoms with Crippen molar-refractivity contribution < 1.29 is 4.92 Å². The average molecular weight is 222 g/mol. The minimum atomic E-state index is -0.412. The first-order valence-corrected chi connectivity index (χ1v) is 5.10. The summed E-state index contributed by atoms with van der Waals surface area (Å²) in [6.45, 7) is 0. The molecule has 16 heavy (non-hydrogen) atoms. The summed E-state index contributed by atoms with van der Waals surface area (Å²) in [5.74, 6) is 5.29. The minimum Gasteiger partial charge on any atom is -0.371 e. The van der Waals surface area contributed by atoms with Gasteiger partial charge in [-0.1, -0.05) is 0 Å². The molecule has 86 valence electrons. The van der Waals surface area contributed by atoms with Gasteiger partial charge in [0.1, 0.15) is 0 Å². The SMILES string of the molecule is CN(c1cc(NN)cc([N+](=O)[O-])c1)C1CC1. The highest BCUT2D eigenvalue weighted by molar-refractivity contribution is 5.64. The molecule has 0 aromatic heterocycles. The van der Waals surface area contributed by atoms with Crippen LogP contribution in [0.3, 0.4) is 0 Å². The Labute approximate surface area is 93.2 Å². The molecule has 1 aromatic carbocycles. The number of hydrogen-bond donors (Lipinski definition) is 2. The highest BCUT2D eigenvalue weighted by Crippen LogP contribution is 2.33. The second-order valence-corrected chi connectivity index (χ2v) is 3.98. The number of hydrogen-bond acceptors (Lipinski definition) is 5. The van der Waals surface area contributed by atoms with Crippen LogP contribution in [0.25, 0.3) is 0 Å². The molecule has 0 unspecified atom stereocenters. The standard InChI is InChI=1S/C10H14N4O2/c1-13(8-2-3-8)9-4-7(12-11)5-10(6-9)14(15)16/h4-6,8,12H,2-3,11H2,1H3. The topological polar surface area (TPSA) is 84.4 Å². The van der Waals surface area contributed by atoms with Gasteiger partial charge in [-0.15, -0.1) is 0 Å².